The fraction of sp³-hybridized carbons (Fsp3) is 0.143. The van der Waals surface area contributed by atoms with E-state index in [-0.39, 0.29) is 11.8 Å². The summed E-state index contributed by atoms with van der Waals surface area (Å²) in [5.41, 5.74) is 2.01. The third-order valence-corrected chi connectivity index (χ3v) is 3.88. The summed E-state index contributed by atoms with van der Waals surface area (Å²) in [5.74, 6) is 0.111. The molecule has 0 fully saturated rings. The first kappa shape index (κ1) is 18.3. The Balaban J connectivity index is 1.52. The van der Waals surface area contributed by atoms with Crippen molar-refractivity contribution in [2.75, 3.05) is 10.6 Å². The van der Waals surface area contributed by atoms with Crippen molar-refractivity contribution < 1.29 is 9.59 Å². The van der Waals surface area contributed by atoms with Crippen molar-refractivity contribution in [1.82, 2.24) is 9.97 Å². The second-order valence-electron chi connectivity index (χ2n) is 5.97. The number of nitrogens with zero attached hydrogens (tertiary/aromatic N) is 2. The molecule has 6 heteroatoms. The van der Waals surface area contributed by atoms with E-state index in [2.05, 4.69) is 20.6 Å². The normalized spacial score (nSPS) is 10.2. The fourth-order valence-corrected chi connectivity index (χ4v) is 2.56. The molecule has 2 heterocycles. The number of carbonyl (C=O) groups is 2. The van der Waals surface area contributed by atoms with Crippen LogP contribution in [-0.4, -0.2) is 21.8 Å². The number of nitrogens with one attached hydrogen (secondary N) is 2. The minimum atomic E-state index is -0.278. The Morgan fingerprint density at radius 3 is 2.41 bits per heavy atom. The van der Waals surface area contributed by atoms with Crippen LogP contribution in [0.4, 0.5) is 11.5 Å². The molecule has 3 rings (SSSR count). The van der Waals surface area contributed by atoms with Crippen molar-refractivity contribution in [3.63, 3.8) is 0 Å². The Kier molecular flexibility index (Phi) is 6.25. The standard InChI is InChI=1S/C21H20N4O2/c26-20(12-6-9-17-8-1-3-13-22-17)24-18-10-5-7-16(15-18)21(27)25-19-11-2-4-14-23-19/h1-5,7-8,10-11,13-15H,6,9,12H2,(H,24,26)(H,23,25,27). The maximum absolute atomic E-state index is 12.3. The largest absolute Gasteiger partial charge is 0.326 e. The molecule has 136 valence electrons. The molecule has 2 aromatic heterocycles. The van der Waals surface area contributed by atoms with Gasteiger partial charge in [-0.1, -0.05) is 18.2 Å². The molecule has 27 heavy (non-hydrogen) atoms. The molecule has 0 atom stereocenters. The van der Waals surface area contributed by atoms with Gasteiger partial charge in [0.2, 0.25) is 5.91 Å². The van der Waals surface area contributed by atoms with Crippen LogP contribution in [0.25, 0.3) is 0 Å². The molecule has 0 spiro atoms. The summed E-state index contributed by atoms with van der Waals surface area (Å²) < 4.78 is 0. The van der Waals surface area contributed by atoms with E-state index in [1.807, 2.05) is 18.2 Å². The molecule has 2 N–H and O–H groups in total. The Morgan fingerprint density at radius 2 is 1.67 bits per heavy atom. The second kappa shape index (κ2) is 9.24. The number of anilines is 2. The van der Waals surface area contributed by atoms with E-state index in [1.165, 1.54) is 0 Å². The Labute approximate surface area is 157 Å². The van der Waals surface area contributed by atoms with Gasteiger partial charge in [-0.2, -0.15) is 0 Å². The average Bonchev–Trinajstić information content (AvgIpc) is 2.70. The summed E-state index contributed by atoms with van der Waals surface area (Å²) >= 11 is 0. The van der Waals surface area contributed by atoms with Gasteiger partial charge in [0.25, 0.3) is 5.91 Å². The van der Waals surface area contributed by atoms with E-state index in [0.29, 0.717) is 29.9 Å². The van der Waals surface area contributed by atoms with Crippen LogP contribution in [0, 0.1) is 0 Å². The monoisotopic (exact) mass is 360 g/mol. The van der Waals surface area contributed by atoms with Crippen LogP contribution >= 0.6 is 0 Å². The van der Waals surface area contributed by atoms with Crippen molar-refractivity contribution in [1.29, 1.82) is 0 Å². The number of rotatable bonds is 7. The number of aryl methyl sites for hydroxylation is 1. The first-order valence-electron chi connectivity index (χ1n) is 8.73. The second-order valence-corrected chi connectivity index (χ2v) is 5.97. The zero-order valence-electron chi connectivity index (χ0n) is 14.8. The maximum atomic E-state index is 12.3. The minimum absolute atomic E-state index is 0.0896. The number of hydrogen-bond donors (Lipinski definition) is 2. The van der Waals surface area contributed by atoms with Crippen molar-refractivity contribution in [2.24, 2.45) is 0 Å². The van der Waals surface area contributed by atoms with E-state index in [1.54, 1.807) is 54.9 Å². The van der Waals surface area contributed by atoms with E-state index in [4.69, 9.17) is 0 Å². The summed E-state index contributed by atoms with van der Waals surface area (Å²) in [6.45, 7) is 0. The average molecular weight is 360 g/mol. The lowest BCUT2D eigenvalue weighted by Crippen LogP contribution is -2.15. The minimum Gasteiger partial charge on any atom is -0.326 e. The van der Waals surface area contributed by atoms with Crippen molar-refractivity contribution in [2.45, 2.75) is 19.3 Å². The number of hydrogen-bond acceptors (Lipinski definition) is 4. The van der Waals surface area contributed by atoms with E-state index >= 15 is 0 Å². The molecule has 6 nitrogen and oxygen atoms in total. The van der Waals surface area contributed by atoms with Crippen LogP contribution in [-0.2, 0) is 11.2 Å². The molecular weight excluding hydrogens is 340 g/mol. The summed E-state index contributed by atoms with van der Waals surface area (Å²) in [6, 6.07) is 17.9. The molecule has 2 amide bonds. The number of benzene rings is 1. The van der Waals surface area contributed by atoms with Crippen molar-refractivity contribution in [3.8, 4) is 0 Å². The number of carbonyl (C=O) groups excluding carboxylic acids is 2. The zero-order chi connectivity index (χ0) is 18.9. The summed E-state index contributed by atoms with van der Waals surface area (Å²) in [4.78, 5) is 32.8. The van der Waals surface area contributed by atoms with E-state index in [9.17, 15) is 9.59 Å². The van der Waals surface area contributed by atoms with Gasteiger partial charge in [-0.05, 0) is 55.3 Å². The number of pyridine rings is 2. The predicted octanol–water partition coefficient (Wildman–Crippen LogP) is 3.69. The highest BCUT2D eigenvalue weighted by atomic mass is 16.2. The van der Waals surface area contributed by atoms with Gasteiger partial charge < -0.3 is 10.6 Å². The summed E-state index contributed by atoms with van der Waals surface area (Å²) in [5, 5.41) is 5.55. The molecule has 0 aliphatic rings. The van der Waals surface area contributed by atoms with Gasteiger partial charge >= 0.3 is 0 Å². The van der Waals surface area contributed by atoms with Gasteiger partial charge in [0.1, 0.15) is 5.82 Å². The van der Waals surface area contributed by atoms with Crippen LogP contribution in [0.3, 0.4) is 0 Å². The van der Waals surface area contributed by atoms with E-state index < -0.39 is 0 Å². The first-order chi connectivity index (χ1) is 13.2. The van der Waals surface area contributed by atoms with Crippen LogP contribution in [0.5, 0.6) is 0 Å². The Bertz CT molecular complexity index is 898. The lowest BCUT2D eigenvalue weighted by molar-refractivity contribution is -0.116. The zero-order valence-corrected chi connectivity index (χ0v) is 14.8. The van der Waals surface area contributed by atoms with Crippen LogP contribution < -0.4 is 10.6 Å². The van der Waals surface area contributed by atoms with Crippen molar-refractivity contribution >= 4 is 23.3 Å². The van der Waals surface area contributed by atoms with Crippen LogP contribution in [0.1, 0.15) is 28.9 Å². The molecule has 0 aliphatic heterocycles. The van der Waals surface area contributed by atoms with Gasteiger partial charge in [0.15, 0.2) is 0 Å². The quantitative estimate of drug-likeness (QED) is 0.673. The molecular formula is C21H20N4O2. The molecule has 0 saturated heterocycles. The van der Waals surface area contributed by atoms with Crippen LogP contribution in [0.2, 0.25) is 0 Å². The Morgan fingerprint density at radius 1 is 0.852 bits per heavy atom. The molecule has 3 aromatic rings. The molecule has 1 aromatic carbocycles. The van der Waals surface area contributed by atoms with Gasteiger partial charge in [-0.25, -0.2) is 4.98 Å². The molecule has 0 radical (unpaired) electrons. The lowest BCUT2D eigenvalue weighted by atomic mass is 10.1. The van der Waals surface area contributed by atoms with E-state index in [0.717, 1.165) is 12.1 Å². The highest BCUT2D eigenvalue weighted by Crippen LogP contribution is 2.13. The topological polar surface area (TPSA) is 84.0 Å². The van der Waals surface area contributed by atoms with Gasteiger partial charge in [0, 0.05) is 35.8 Å². The third-order valence-electron chi connectivity index (χ3n) is 3.88. The lowest BCUT2D eigenvalue weighted by Gasteiger charge is -2.08. The van der Waals surface area contributed by atoms with Gasteiger partial charge in [-0.3, -0.25) is 14.6 Å². The van der Waals surface area contributed by atoms with Crippen molar-refractivity contribution in [3.05, 3.63) is 84.3 Å². The Hall–Kier alpha value is -3.54. The highest BCUT2D eigenvalue weighted by molar-refractivity contribution is 6.04. The summed E-state index contributed by atoms with van der Waals surface area (Å²) in [6.07, 6.45) is 5.21. The highest BCUT2D eigenvalue weighted by Gasteiger charge is 2.09. The predicted molar refractivity (Wildman–Crippen MR) is 104 cm³/mol. The first-order valence-corrected chi connectivity index (χ1v) is 8.73. The SMILES string of the molecule is O=C(CCCc1ccccn1)Nc1cccc(C(=O)Nc2ccccn2)c1. The molecule has 0 bridgehead atoms. The number of aromatic nitrogens is 2. The maximum Gasteiger partial charge on any atom is 0.256 e. The third kappa shape index (κ3) is 5.74. The van der Waals surface area contributed by atoms with Crippen LogP contribution in [0.15, 0.2) is 73.1 Å². The fourth-order valence-electron chi connectivity index (χ4n) is 2.56. The van der Waals surface area contributed by atoms with Gasteiger partial charge in [-0.15, -0.1) is 0 Å². The molecule has 0 unspecified atom stereocenters. The summed E-state index contributed by atoms with van der Waals surface area (Å²) in [7, 11) is 0. The smallest absolute Gasteiger partial charge is 0.256 e. The molecule has 0 saturated carbocycles. The molecule has 0 aliphatic carbocycles. The number of amides is 2. The van der Waals surface area contributed by atoms with Gasteiger partial charge in [0.05, 0.1) is 0 Å².